The number of esters is 2. The van der Waals surface area contributed by atoms with Gasteiger partial charge in [-0.25, -0.2) is 8.78 Å². The summed E-state index contributed by atoms with van der Waals surface area (Å²) in [7, 11) is 0. The molecule has 2 aromatic heterocycles. The number of amidine groups is 1. The molecule has 0 aliphatic carbocycles. The molecule has 0 radical (unpaired) electrons. The number of oxime groups is 1. The lowest BCUT2D eigenvalue weighted by Crippen LogP contribution is -2.40. The van der Waals surface area contributed by atoms with Crippen molar-refractivity contribution in [3.05, 3.63) is 142 Å². The maximum Gasteiger partial charge on any atom is 0.310 e. The van der Waals surface area contributed by atoms with E-state index < -0.39 is 53.5 Å². The smallest absolute Gasteiger partial charge is 0.310 e. The third-order valence-corrected chi connectivity index (χ3v) is 11.1. The lowest BCUT2D eigenvalue weighted by Gasteiger charge is -2.23. The maximum atomic E-state index is 14.3. The molecule has 7 N–H and O–H groups in total. The predicted molar refractivity (Wildman–Crippen MR) is 254 cm³/mol. The highest BCUT2D eigenvalue weighted by molar-refractivity contribution is 6.31. The molecule has 0 saturated carbocycles. The van der Waals surface area contributed by atoms with Gasteiger partial charge in [0.1, 0.15) is 17.5 Å². The minimum atomic E-state index is -0.775. The number of nitriles is 1. The first-order chi connectivity index (χ1) is 33.7. The van der Waals surface area contributed by atoms with Crippen molar-refractivity contribution in [3.63, 3.8) is 0 Å². The number of ether oxygens (including phenoxy) is 2. The summed E-state index contributed by atoms with van der Waals surface area (Å²) in [6, 6.07) is 23.9. The van der Waals surface area contributed by atoms with Gasteiger partial charge in [0.2, 0.25) is 0 Å². The van der Waals surface area contributed by atoms with E-state index in [0.29, 0.717) is 45.1 Å². The Labute approximate surface area is 410 Å². The number of nitrogens with one attached hydrogen (secondary N) is 4. The number of halogens is 4. The second-order valence-electron chi connectivity index (χ2n) is 15.6. The molecule has 4 aromatic carbocycles. The highest BCUT2D eigenvalue weighted by Gasteiger charge is 2.29. The van der Waals surface area contributed by atoms with Crippen LogP contribution in [0.1, 0.15) is 71.6 Å². The van der Waals surface area contributed by atoms with E-state index in [1.165, 1.54) is 36.7 Å². The molecule has 366 valence electrons. The number of aromatic nitrogens is 6. The zero-order chi connectivity index (χ0) is 50.6. The number of rotatable bonds is 21. The van der Waals surface area contributed by atoms with Crippen LogP contribution >= 0.6 is 23.2 Å². The normalized spacial score (nSPS) is 12.8. The van der Waals surface area contributed by atoms with Gasteiger partial charge in [-0.1, -0.05) is 76.9 Å². The number of H-pyrrole nitrogens is 2. The first kappa shape index (κ1) is 53.2. The Bertz CT molecular complexity index is 2740. The van der Waals surface area contributed by atoms with Crippen LogP contribution in [0.3, 0.4) is 0 Å². The second kappa shape index (κ2) is 26.7. The summed E-state index contributed by atoms with van der Waals surface area (Å²) >= 11 is 12.0. The average molecular weight is 1000 g/mol. The van der Waals surface area contributed by atoms with E-state index in [-0.39, 0.29) is 61.9 Å². The molecule has 6 aromatic rings. The van der Waals surface area contributed by atoms with Crippen molar-refractivity contribution >= 4 is 52.8 Å². The lowest BCUT2D eigenvalue weighted by molar-refractivity contribution is -0.149. The molecule has 2 amide bonds. The van der Waals surface area contributed by atoms with E-state index in [4.69, 9.17) is 48.9 Å². The fourth-order valence-corrected chi connectivity index (χ4v) is 7.66. The van der Waals surface area contributed by atoms with Crippen LogP contribution in [-0.2, 0) is 31.9 Å². The highest BCUT2D eigenvalue weighted by Crippen LogP contribution is 2.29. The molecular weight excluding hydrogens is 951 g/mol. The molecule has 0 spiro atoms. The van der Waals surface area contributed by atoms with Gasteiger partial charge in [-0.05, 0) is 98.2 Å². The van der Waals surface area contributed by atoms with Crippen LogP contribution in [0.25, 0.3) is 22.3 Å². The molecule has 6 rings (SSSR count). The summed E-state index contributed by atoms with van der Waals surface area (Å²) in [4.78, 5) is 50.2. The number of hydrogen-bond acceptors (Lipinski definition) is 13. The van der Waals surface area contributed by atoms with Crippen molar-refractivity contribution in [2.45, 2.75) is 64.5 Å². The van der Waals surface area contributed by atoms with E-state index >= 15 is 0 Å². The Balaban J connectivity index is 0.000000261. The minimum absolute atomic E-state index is 0.0395. The standard InChI is InChI=1S/C24H26ClFN6O4.C24H23ClFN5O3/c1-2-36-24(34)16(11-22(27)31-35)10-18(29-23(33)21-13-28-32-30-21)9-14-3-5-15(6-4-14)19-12-17(25)7-8-20(19)26;1-2-34-24(33)17(9-10-27)12-19(29-23(32)22-14-28-31-30-22)11-15-3-5-16(6-4-15)20-13-18(25)7-8-21(20)26/h3-8,12-13,16,18,35H,2,9-11H2,1H3,(H2,27,31)(H,29,33)(H,28,30,32);3-8,13-14,17,19H,2,9,11-12H2,1H3,(H,29,32)(H,28,30,31)/t16-,18+;17-,19-/m01/s1. The average Bonchev–Trinajstić information content (AvgIpc) is 4.11. The van der Waals surface area contributed by atoms with E-state index in [1.54, 1.807) is 62.4 Å². The molecule has 70 heavy (non-hydrogen) atoms. The summed E-state index contributed by atoms with van der Waals surface area (Å²) < 4.78 is 38.7. The first-order valence-electron chi connectivity index (χ1n) is 21.8. The minimum Gasteiger partial charge on any atom is -0.466 e. The van der Waals surface area contributed by atoms with Gasteiger partial charge >= 0.3 is 11.9 Å². The monoisotopic (exact) mass is 999 g/mol. The maximum absolute atomic E-state index is 14.3. The fourth-order valence-electron chi connectivity index (χ4n) is 7.31. The molecule has 0 bridgehead atoms. The van der Waals surface area contributed by atoms with Crippen LogP contribution in [0.5, 0.6) is 0 Å². The van der Waals surface area contributed by atoms with E-state index in [1.807, 2.05) is 18.2 Å². The van der Waals surface area contributed by atoms with Gasteiger partial charge in [0, 0.05) is 46.1 Å². The van der Waals surface area contributed by atoms with Gasteiger partial charge < -0.3 is 31.0 Å². The number of carbonyl (C=O) groups is 4. The van der Waals surface area contributed by atoms with Crippen molar-refractivity contribution in [2.24, 2.45) is 22.7 Å². The van der Waals surface area contributed by atoms with Crippen LogP contribution in [0, 0.1) is 34.8 Å². The summed E-state index contributed by atoms with van der Waals surface area (Å²) in [6.07, 6.45) is 3.50. The molecule has 22 heteroatoms. The Morgan fingerprint density at radius 2 is 1.16 bits per heavy atom. The van der Waals surface area contributed by atoms with Crippen LogP contribution < -0.4 is 16.4 Å². The zero-order valence-electron chi connectivity index (χ0n) is 37.9. The van der Waals surface area contributed by atoms with Gasteiger partial charge in [0.25, 0.3) is 11.8 Å². The van der Waals surface area contributed by atoms with Crippen molar-refractivity contribution in [1.82, 2.24) is 41.5 Å². The molecule has 0 unspecified atom stereocenters. The molecular formula is C48H49Cl2F2N11O7. The second-order valence-corrected chi connectivity index (χ2v) is 16.5. The Kier molecular flexibility index (Phi) is 20.3. The van der Waals surface area contributed by atoms with Gasteiger partial charge in [-0.15, -0.1) is 0 Å². The fraction of sp³-hybridized carbons (Fsp3) is 0.292. The predicted octanol–water partition coefficient (Wildman–Crippen LogP) is 7.40. The number of benzene rings is 4. The quantitative estimate of drug-likeness (QED) is 0.0135. The van der Waals surface area contributed by atoms with E-state index in [2.05, 4.69) is 46.6 Å². The Morgan fingerprint density at radius 3 is 1.54 bits per heavy atom. The van der Waals surface area contributed by atoms with Crippen molar-refractivity contribution in [3.8, 4) is 28.3 Å². The number of carbonyl (C=O) groups excluding carboxylic acids is 4. The third-order valence-electron chi connectivity index (χ3n) is 10.6. The molecule has 0 fully saturated rings. The van der Waals surface area contributed by atoms with E-state index in [9.17, 15) is 28.0 Å². The largest absolute Gasteiger partial charge is 0.466 e. The van der Waals surface area contributed by atoms with Gasteiger partial charge in [-0.2, -0.15) is 36.1 Å². The summed E-state index contributed by atoms with van der Waals surface area (Å²) in [5.41, 5.74) is 9.53. The molecule has 4 atom stereocenters. The van der Waals surface area contributed by atoms with Crippen LogP contribution in [-0.4, -0.2) is 90.9 Å². The van der Waals surface area contributed by atoms with Crippen molar-refractivity contribution < 1.29 is 42.6 Å². The number of amides is 2. The number of nitrogens with two attached hydrogens (primary N) is 1. The Morgan fingerprint density at radius 1 is 0.729 bits per heavy atom. The Hall–Kier alpha value is -7.76. The number of aromatic amines is 2. The van der Waals surface area contributed by atoms with Crippen LogP contribution in [0.2, 0.25) is 10.0 Å². The van der Waals surface area contributed by atoms with Gasteiger partial charge in [-0.3, -0.25) is 19.2 Å². The van der Waals surface area contributed by atoms with Crippen molar-refractivity contribution in [2.75, 3.05) is 13.2 Å². The summed E-state index contributed by atoms with van der Waals surface area (Å²) in [5, 5.41) is 47.3. The summed E-state index contributed by atoms with van der Waals surface area (Å²) in [6.45, 7) is 3.71. The SMILES string of the molecule is CCOC(=O)[C@H](C/C(N)=N\O)C[C@@H](Cc1ccc(-c2cc(Cl)ccc2F)cc1)NC(=O)c1cn[nH]n1.CCOC(=O)[C@H](CC#N)C[C@@H](Cc1ccc(-c2cc(Cl)ccc2F)cc1)NC(=O)c1cn[nH]n1. The van der Waals surface area contributed by atoms with Crippen LogP contribution in [0.4, 0.5) is 8.78 Å². The highest BCUT2D eigenvalue weighted by atomic mass is 35.5. The first-order valence-corrected chi connectivity index (χ1v) is 22.6. The topological polar surface area (TPSA) is 276 Å². The number of nitrogens with zero attached hydrogens (tertiary/aromatic N) is 6. The number of hydrogen-bond donors (Lipinski definition) is 6. The zero-order valence-corrected chi connectivity index (χ0v) is 39.4. The summed E-state index contributed by atoms with van der Waals surface area (Å²) in [5.74, 6) is -4.37. The third kappa shape index (κ3) is 15.9. The van der Waals surface area contributed by atoms with Crippen LogP contribution in [0.15, 0.2) is 102 Å². The van der Waals surface area contributed by atoms with E-state index in [0.717, 1.165) is 11.1 Å². The van der Waals surface area contributed by atoms with Crippen molar-refractivity contribution in [1.29, 1.82) is 5.26 Å². The molecule has 2 heterocycles. The van der Waals surface area contributed by atoms with Gasteiger partial charge in [0.05, 0.1) is 43.5 Å². The van der Waals surface area contributed by atoms with Gasteiger partial charge in [0.15, 0.2) is 11.4 Å². The lowest BCUT2D eigenvalue weighted by atomic mass is 9.91. The molecule has 0 aliphatic heterocycles. The molecule has 0 aliphatic rings. The molecule has 18 nitrogen and oxygen atoms in total. The molecule has 0 saturated heterocycles.